The third-order valence-electron chi connectivity index (χ3n) is 2.82. The number of amides is 1. The summed E-state index contributed by atoms with van der Waals surface area (Å²) in [5.41, 5.74) is 1.87. The lowest BCUT2D eigenvalue weighted by Gasteiger charge is -2.21. The Bertz CT molecular complexity index is 421. The Labute approximate surface area is 116 Å². The first kappa shape index (κ1) is 15.0. The van der Waals surface area contributed by atoms with E-state index in [1.54, 1.807) is 14.0 Å². The van der Waals surface area contributed by atoms with Crippen LogP contribution in [0.25, 0.3) is 0 Å². The monoisotopic (exact) mass is 314 g/mol. The van der Waals surface area contributed by atoms with Crippen LogP contribution in [-0.2, 0) is 4.79 Å². The molecule has 0 aliphatic rings. The number of aliphatic hydroxyl groups is 1. The number of hydrogen-bond acceptors (Lipinski definition) is 3. The molecule has 0 saturated carbocycles. The molecule has 1 amide bonds. The average Bonchev–Trinajstić information content (AvgIpc) is 2.35. The first-order valence-corrected chi connectivity index (χ1v) is 6.64. The van der Waals surface area contributed by atoms with E-state index in [9.17, 15) is 9.90 Å². The molecule has 100 valence electrons. The van der Waals surface area contributed by atoms with Gasteiger partial charge < -0.3 is 15.3 Å². The van der Waals surface area contributed by atoms with Crippen molar-refractivity contribution in [2.75, 3.05) is 25.5 Å². The standard InChI is InChI=1S/C13H19BrN2O2/c1-9(17)10-4-5-12(11(14)8-10)16(3)7-6-13(18)15-2/h4-5,8-9,17H,6-7H2,1-3H3,(H,15,18)/t9-/m0/s1. The Hall–Kier alpha value is -1.07. The highest BCUT2D eigenvalue weighted by molar-refractivity contribution is 9.10. The van der Waals surface area contributed by atoms with Gasteiger partial charge in [-0.3, -0.25) is 4.79 Å². The van der Waals surface area contributed by atoms with E-state index in [-0.39, 0.29) is 5.91 Å². The molecular weight excluding hydrogens is 296 g/mol. The van der Waals surface area contributed by atoms with Crippen molar-refractivity contribution in [3.8, 4) is 0 Å². The number of rotatable bonds is 5. The number of aliphatic hydroxyl groups excluding tert-OH is 1. The number of nitrogens with one attached hydrogen (secondary N) is 1. The smallest absolute Gasteiger partial charge is 0.221 e. The molecule has 1 aromatic carbocycles. The second-order valence-corrected chi connectivity index (χ2v) is 5.09. The molecule has 1 rings (SSSR count). The lowest BCUT2D eigenvalue weighted by atomic mass is 10.1. The van der Waals surface area contributed by atoms with Crippen LogP contribution in [-0.4, -0.2) is 31.7 Å². The topological polar surface area (TPSA) is 52.6 Å². The molecule has 0 fully saturated rings. The largest absolute Gasteiger partial charge is 0.389 e. The highest BCUT2D eigenvalue weighted by Crippen LogP contribution is 2.28. The van der Waals surface area contributed by atoms with Crippen LogP contribution in [0.4, 0.5) is 5.69 Å². The number of hydrogen-bond donors (Lipinski definition) is 2. The van der Waals surface area contributed by atoms with Gasteiger partial charge in [0.15, 0.2) is 0 Å². The summed E-state index contributed by atoms with van der Waals surface area (Å²) in [6.07, 6.45) is -0.0241. The van der Waals surface area contributed by atoms with Gasteiger partial charge in [0, 0.05) is 31.5 Å². The fourth-order valence-corrected chi connectivity index (χ4v) is 2.31. The first-order valence-electron chi connectivity index (χ1n) is 5.85. The summed E-state index contributed by atoms with van der Waals surface area (Å²) < 4.78 is 0.917. The Kier molecular flexibility index (Phi) is 5.62. The van der Waals surface area contributed by atoms with E-state index in [4.69, 9.17) is 0 Å². The van der Waals surface area contributed by atoms with Gasteiger partial charge in [-0.2, -0.15) is 0 Å². The molecular formula is C13H19BrN2O2. The number of halogens is 1. The minimum Gasteiger partial charge on any atom is -0.389 e. The molecule has 0 unspecified atom stereocenters. The number of anilines is 1. The summed E-state index contributed by atoms with van der Waals surface area (Å²) in [5, 5.41) is 12.1. The molecule has 0 radical (unpaired) electrons. The summed E-state index contributed by atoms with van der Waals surface area (Å²) in [5.74, 6) is 0.0265. The third kappa shape index (κ3) is 3.99. The van der Waals surface area contributed by atoms with Gasteiger partial charge >= 0.3 is 0 Å². The summed E-state index contributed by atoms with van der Waals surface area (Å²) in [4.78, 5) is 13.2. The van der Waals surface area contributed by atoms with E-state index in [0.717, 1.165) is 15.7 Å². The maximum atomic E-state index is 11.2. The molecule has 4 nitrogen and oxygen atoms in total. The van der Waals surface area contributed by atoms with E-state index in [1.165, 1.54) is 0 Å². The zero-order chi connectivity index (χ0) is 13.7. The normalized spacial score (nSPS) is 12.1. The van der Waals surface area contributed by atoms with Crippen LogP contribution in [0.3, 0.4) is 0 Å². The molecule has 1 aromatic rings. The van der Waals surface area contributed by atoms with Crippen molar-refractivity contribution in [3.05, 3.63) is 28.2 Å². The number of benzene rings is 1. The quantitative estimate of drug-likeness (QED) is 0.875. The van der Waals surface area contributed by atoms with Gasteiger partial charge in [-0.05, 0) is 40.5 Å². The Balaban J connectivity index is 2.74. The van der Waals surface area contributed by atoms with Gasteiger partial charge in [0.05, 0.1) is 11.8 Å². The van der Waals surface area contributed by atoms with Gasteiger partial charge in [-0.1, -0.05) is 6.07 Å². The van der Waals surface area contributed by atoms with Crippen molar-refractivity contribution in [1.29, 1.82) is 0 Å². The van der Waals surface area contributed by atoms with Crippen molar-refractivity contribution in [2.45, 2.75) is 19.4 Å². The van der Waals surface area contributed by atoms with E-state index in [2.05, 4.69) is 21.2 Å². The minimum atomic E-state index is -0.480. The third-order valence-corrected chi connectivity index (χ3v) is 3.45. The van der Waals surface area contributed by atoms with Gasteiger partial charge in [-0.15, -0.1) is 0 Å². The predicted octanol–water partition coefficient (Wildman–Crippen LogP) is 2.07. The van der Waals surface area contributed by atoms with Crippen LogP contribution in [0, 0.1) is 0 Å². The van der Waals surface area contributed by atoms with E-state index >= 15 is 0 Å². The number of carbonyl (C=O) groups excluding carboxylic acids is 1. The van der Waals surface area contributed by atoms with Gasteiger partial charge in [0.1, 0.15) is 0 Å². The zero-order valence-corrected chi connectivity index (χ0v) is 12.5. The van der Waals surface area contributed by atoms with Crippen LogP contribution in [0.5, 0.6) is 0 Å². The summed E-state index contributed by atoms with van der Waals surface area (Å²) in [7, 11) is 3.57. The number of carbonyl (C=O) groups is 1. The van der Waals surface area contributed by atoms with Crippen LogP contribution in [0.2, 0.25) is 0 Å². The fourth-order valence-electron chi connectivity index (χ4n) is 1.61. The molecule has 0 aliphatic carbocycles. The molecule has 2 N–H and O–H groups in total. The summed E-state index contributed by atoms with van der Waals surface area (Å²) in [6, 6.07) is 5.73. The van der Waals surface area contributed by atoms with E-state index in [0.29, 0.717) is 13.0 Å². The van der Waals surface area contributed by atoms with Crippen molar-refractivity contribution < 1.29 is 9.90 Å². The second-order valence-electron chi connectivity index (χ2n) is 4.23. The van der Waals surface area contributed by atoms with E-state index in [1.807, 2.05) is 30.1 Å². The predicted molar refractivity (Wildman–Crippen MR) is 76.7 cm³/mol. The van der Waals surface area contributed by atoms with Crippen molar-refractivity contribution in [1.82, 2.24) is 5.32 Å². The van der Waals surface area contributed by atoms with Crippen LogP contribution >= 0.6 is 15.9 Å². The highest BCUT2D eigenvalue weighted by Gasteiger charge is 2.10. The maximum absolute atomic E-state index is 11.2. The fraction of sp³-hybridized carbons (Fsp3) is 0.462. The van der Waals surface area contributed by atoms with Crippen LogP contribution in [0.1, 0.15) is 25.0 Å². The first-order chi connectivity index (χ1) is 8.45. The molecule has 0 bridgehead atoms. The lowest BCUT2D eigenvalue weighted by Crippen LogP contribution is -2.26. The van der Waals surface area contributed by atoms with Gasteiger partial charge in [0.2, 0.25) is 5.91 Å². The Morgan fingerprint density at radius 2 is 2.22 bits per heavy atom. The van der Waals surface area contributed by atoms with Gasteiger partial charge in [0.25, 0.3) is 0 Å². The molecule has 0 saturated heterocycles. The van der Waals surface area contributed by atoms with Crippen molar-refractivity contribution in [3.63, 3.8) is 0 Å². The molecule has 0 aliphatic heterocycles. The highest BCUT2D eigenvalue weighted by atomic mass is 79.9. The van der Waals surface area contributed by atoms with E-state index < -0.39 is 6.10 Å². The molecule has 1 atom stereocenters. The van der Waals surface area contributed by atoms with Crippen LogP contribution in [0.15, 0.2) is 22.7 Å². The second kappa shape index (κ2) is 6.75. The number of nitrogens with zero attached hydrogens (tertiary/aromatic N) is 1. The summed E-state index contributed by atoms with van der Waals surface area (Å²) >= 11 is 3.49. The Morgan fingerprint density at radius 1 is 1.56 bits per heavy atom. The van der Waals surface area contributed by atoms with Crippen LogP contribution < -0.4 is 10.2 Å². The Morgan fingerprint density at radius 3 is 2.72 bits per heavy atom. The molecule has 0 spiro atoms. The molecule has 0 aromatic heterocycles. The average molecular weight is 315 g/mol. The van der Waals surface area contributed by atoms with Gasteiger partial charge in [-0.25, -0.2) is 0 Å². The maximum Gasteiger partial charge on any atom is 0.221 e. The SMILES string of the molecule is CNC(=O)CCN(C)c1ccc([C@H](C)O)cc1Br. The van der Waals surface area contributed by atoms with Crippen molar-refractivity contribution in [2.24, 2.45) is 0 Å². The summed E-state index contributed by atoms with van der Waals surface area (Å²) in [6.45, 7) is 2.38. The zero-order valence-electron chi connectivity index (χ0n) is 10.9. The molecule has 18 heavy (non-hydrogen) atoms. The van der Waals surface area contributed by atoms with Crippen molar-refractivity contribution >= 4 is 27.5 Å². The minimum absolute atomic E-state index is 0.0265. The molecule has 0 heterocycles. The molecule has 5 heteroatoms. The lowest BCUT2D eigenvalue weighted by molar-refractivity contribution is -0.120.